The largest absolute Gasteiger partial charge is 0.464 e. The van der Waals surface area contributed by atoms with Crippen molar-refractivity contribution >= 4 is 43.9 Å². The fourth-order valence-electron chi connectivity index (χ4n) is 6.53. The number of furan rings is 2. The van der Waals surface area contributed by atoms with Crippen LogP contribution in [0.25, 0.3) is 72.1 Å². The van der Waals surface area contributed by atoms with Crippen molar-refractivity contribution in [3.05, 3.63) is 121 Å². The molecular weight excluding hydrogens is 528 g/mol. The molecule has 8 rings (SSSR count). The van der Waals surface area contributed by atoms with E-state index in [0.717, 1.165) is 60.9 Å². The van der Waals surface area contributed by atoms with Gasteiger partial charge in [0.15, 0.2) is 0 Å². The number of hydrogen-bond acceptors (Lipinski definition) is 3. The summed E-state index contributed by atoms with van der Waals surface area (Å²) >= 11 is 0. The van der Waals surface area contributed by atoms with Gasteiger partial charge in [-0.2, -0.15) is 0 Å². The summed E-state index contributed by atoms with van der Waals surface area (Å²) < 4.78 is 14.9. The molecule has 0 spiro atoms. The Morgan fingerprint density at radius 2 is 1.28 bits per heavy atom. The van der Waals surface area contributed by atoms with Crippen molar-refractivity contribution in [2.45, 2.75) is 39.5 Å². The van der Waals surface area contributed by atoms with Crippen LogP contribution in [-0.2, 0) is 0 Å². The molecule has 43 heavy (non-hydrogen) atoms. The summed E-state index contributed by atoms with van der Waals surface area (Å²) in [5.74, 6) is 1.42. The van der Waals surface area contributed by atoms with Crippen molar-refractivity contribution in [3.63, 3.8) is 0 Å². The minimum atomic E-state index is 0.265. The average Bonchev–Trinajstić information content (AvgIpc) is 3.73. The third kappa shape index (κ3) is 3.94. The van der Waals surface area contributed by atoms with Gasteiger partial charge < -0.3 is 8.83 Å². The molecule has 0 atom stereocenters. The van der Waals surface area contributed by atoms with Gasteiger partial charge in [-0.05, 0) is 71.0 Å². The number of para-hydroxylation sites is 5. The molecule has 0 N–H and O–H groups in total. The Hall–Kier alpha value is -5.09. The van der Waals surface area contributed by atoms with Gasteiger partial charge in [0.2, 0.25) is 0 Å². The highest BCUT2D eigenvalue weighted by atomic mass is 16.3. The molecule has 0 amide bonds. The molecule has 0 aliphatic rings. The third-order valence-corrected chi connectivity index (χ3v) is 8.63. The van der Waals surface area contributed by atoms with E-state index in [1.165, 1.54) is 22.4 Å². The molecule has 0 unspecified atom stereocenters. The van der Waals surface area contributed by atoms with Crippen molar-refractivity contribution in [2.24, 2.45) is 0 Å². The van der Waals surface area contributed by atoms with E-state index >= 15 is 0 Å². The maximum atomic E-state index is 6.53. The number of nitrogens with zero attached hydrogens (tertiary/aromatic N) is 2. The monoisotopic (exact) mass is 560 g/mol. The van der Waals surface area contributed by atoms with E-state index in [4.69, 9.17) is 13.8 Å². The minimum Gasteiger partial charge on any atom is -0.464 e. The fourth-order valence-corrected chi connectivity index (χ4v) is 6.53. The molecule has 0 aliphatic heterocycles. The number of fused-ring (bicyclic) bond motifs is 5. The molecule has 0 radical (unpaired) electrons. The second-order valence-electron chi connectivity index (χ2n) is 12.0. The van der Waals surface area contributed by atoms with Gasteiger partial charge >= 0.3 is 0 Å². The number of rotatable bonds is 5. The SMILES string of the molecule is CC(C)c1cc(-c2coc3ccccc23)cc(C(C)C)c1-n1c(-c2cccc3c2oc2ccccc23)nc2ccccc21. The Morgan fingerprint density at radius 3 is 2.05 bits per heavy atom. The topological polar surface area (TPSA) is 44.1 Å². The highest BCUT2D eigenvalue weighted by molar-refractivity contribution is 6.09. The molecule has 0 aliphatic carbocycles. The Morgan fingerprint density at radius 1 is 0.628 bits per heavy atom. The number of hydrogen-bond donors (Lipinski definition) is 0. The van der Waals surface area contributed by atoms with Crippen LogP contribution in [0.5, 0.6) is 0 Å². The first-order valence-corrected chi connectivity index (χ1v) is 15.0. The molecule has 4 heteroatoms. The number of aromatic nitrogens is 2. The molecule has 8 aromatic rings. The Labute approximate surface area is 250 Å². The maximum Gasteiger partial charge on any atom is 0.149 e. The normalized spacial score (nSPS) is 12.1. The van der Waals surface area contributed by atoms with Crippen LogP contribution in [0.2, 0.25) is 0 Å². The van der Waals surface area contributed by atoms with Crippen LogP contribution in [0, 0.1) is 0 Å². The van der Waals surface area contributed by atoms with Crippen molar-refractivity contribution in [1.82, 2.24) is 9.55 Å². The molecule has 0 saturated carbocycles. The fraction of sp³-hybridized carbons (Fsp3) is 0.154. The summed E-state index contributed by atoms with van der Waals surface area (Å²) in [4.78, 5) is 5.28. The molecule has 5 aromatic carbocycles. The highest BCUT2D eigenvalue weighted by Crippen LogP contribution is 2.43. The Bertz CT molecular complexity index is 2280. The van der Waals surface area contributed by atoms with Gasteiger partial charge in [-0.25, -0.2) is 4.98 Å². The van der Waals surface area contributed by atoms with Gasteiger partial charge in [-0.3, -0.25) is 4.57 Å². The summed E-state index contributed by atoms with van der Waals surface area (Å²) in [6, 6.07) is 36.0. The lowest BCUT2D eigenvalue weighted by Gasteiger charge is -2.24. The van der Waals surface area contributed by atoms with Gasteiger partial charge in [0.05, 0.1) is 28.5 Å². The smallest absolute Gasteiger partial charge is 0.149 e. The van der Waals surface area contributed by atoms with Crippen LogP contribution in [0.15, 0.2) is 118 Å². The Kier molecular flexibility index (Phi) is 5.80. The summed E-state index contributed by atoms with van der Waals surface area (Å²) in [5, 5.41) is 3.34. The van der Waals surface area contributed by atoms with E-state index in [1.807, 2.05) is 30.5 Å². The molecule has 4 nitrogen and oxygen atoms in total. The third-order valence-electron chi connectivity index (χ3n) is 8.63. The van der Waals surface area contributed by atoms with Crippen LogP contribution in [0.1, 0.15) is 50.7 Å². The van der Waals surface area contributed by atoms with Crippen molar-refractivity contribution in [1.29, 1.82) is 0 Å². The predicted octanol–water partition coefficient (Wildman–Crippen LogP) is 11.3. The number of imidazole rings is 1. The zero-order chi connectivity index (χ0) is 29.2. The van der Waals surface area contributed by atoms with E-state index in [-0.39, 0.29) is 11.8 Å². The predicted molar refractivity (Wildman–Crippen MR) is 177 cm³/mol. The summed E-state index contributed by atoms with van der Waals surface area (Å²) in [6.45, 7) is 9.11. The number of benzene rings is 5. The summed E-state index contributed by atoms with van der Waals surface area (Å²) in [6.07, 6.45) is 1.90. The lowest BCUT2D eigenvalue weighted by molar-refractivity contribution is 0.617. The molecule has 210 valence electrons. The van der Waals surface area contributed by atoms with Gasteiger partial charge in [-0.1, -0.05) is 88.4 Å². The van der Waals surface area contributed by atoms with E-state index in [2.05, 4.69) is 111 Å². The summed E-state index contributed by atoms with van der Waals surface area (Å²) in [5.41, 5.74) is 11.7. The second-order valence-corrected chi connectivity index (χ2v) is 12.0. The van der Waals surface area contributed by atoms with E-state index in [1.54, 1.807) is 0 Å². The van der Waals surface area contributed by atoms with Crippen molar-refractivity contribution < 1.29 is 8.83 Å². The highest BCUT2D eigenvalue weighted by Gasteiger charge is 2.25. The van der Waals surface area contributed by atoms with Crippen molar-refractivity contribution in [3.8, 4) is 28.2 Å². The van der Waals surface area contributed by atoms with Crippen molar-refractivity contribution in [2.75, 3.05) is 0 Å². The van der Waals surface area contributed by atoms with Gasteiger partial charge in [0.1, 0.15) is 22.6 Å². The lowest BCUT2D eigenvalue weighted by Crippen LogP contribution is -2.09. The van der Waals surface area contributed by atoms with Crippen LogP contribution in [0.4, 0.5) is 0 Å². The zero-order valence-electron chi connectivity index (χ0n) is 24.8. The van der Waals surface area contributed by atoms with E-state index in [0.29, 0.717) is 0 Å². The molecular formula is C39H32N2O2. The molecule has 3 heterocycles. The lowest BCUT2D eigenvalue weighted by atomic mass is 9.88. The second kappa shape index (κ2) is 9.74. The summed E-state index contributed by atoms with van der Waals surface area (Å²) in [7, 11) is 0. The quantitative estimate of drug-likeness (QED) is 0.210. The zero-order valence-corrected chi connectivity index (χ0v) is 24.8. The first-order chi connectivity index (χ1) is 21.0. The van der Waals surface area contributed by atoms with E-state index < -0.39 is 0 Å². The van der Waals surface area contributed by atoms with Crippen LogP contribution < -0.4 is 0 Å². The molecule has 3 aromatic heterocycles. The van der Waals surface area contributed by atoms with Crippen LogP contribution >= 0.6 is 0 Å². The standard InChI is InChI=1S/C39H32N2O2/c1-23(2)30-20-25(32-22-42-35-18-9-5-13-27(32)35)21-31(24(3)4)37(30)41-34-17-8-7-16-33(34)40-39(41)29-15-11-14-28-26-12-6-10-19-36(26)43-38(28)29/h5-24H,1-4H3. The van der Waals surface area contributed by atoms with Gasteiger partial charge in [-0.15, -0.1) is 0 Å². The van der Waals surface area contributed by atoms with E-state index in [9.17, 15) is 0 Å². The first kappa shape index (κ1) is 25.6. The van der Waals surface area contributed by atoms with Gasteiger partial charge in [0.25, 0.3) is 0 Å². The molecule has 0 saturated heterocycles. The average molecular weight is 561 g/mol. The molecule has 0 fully saturated rings. The van der Waals surface area contributed by atoms with Crippen LogP contribution in [-0.4, -0.2) is 9.55 Å². The minimum absolute atomic E-state index is 0.265. The first-order valence-electron chi connectivity index (χ1n) is 15.0. The maximum absolute atomic E-state index is 6.53. The van der Waals surface area contributed by atoms with Gasteiger partial charge in [0, 0.05) is 21.7 Å². The van der Waals surface area contributed by atoms with Crippen LogP contribution in [0.3, 0.4) is 0 Å². The molecule has 0 bridgehead atoms. The Balaban J connectivity index is 1.47.